The summed E-state index contributed by atoms with van der Waals surface area (Å²) in [7, 11) is 0. The molecule has 0 aromatic carbocycles. The number of rotatable bonds is 0. The van der Waals surface area contributed by atoms with Crippen molar-refractivity contribution in [2.24, 2.45) is 0 Å². The molecule has 0 radical (unpaired) electrons. The van der Waals surface area contributed by atoms with E-state index in [0.717, 1.165) is 0 Å². The monoisotopic (exact) mass is 470 g/mol. The minimum absolute atomic E-state index is 0. The molecular weight excluding hydrogens is 470 g/mol. The first-order chi connectivity index (χ1) is 2.64. The number of carboxylic acid groups (broad SMARTS) is 2. The molecule has 4 nitrogen and oxygen atoms in total. The van der Waals surface area contributed by atoms with E-state index < -0.39 is 11.9 Å². The maximum absolute atomic E-state index is 9.10. The molecule has 0 amide bonds. The maximum Gasteiger partial charge on any atom is 0.414 e. The zero-order valence-corrected chi connectivity index (χ0v) is 11.1. The van der Waals surface area contributed by atoms with Crippen LogP contribution >= 0.6 is 0 Å². The summed E-state index contributed by atoms with van der Waals surface area (Å²) in [5.41, 5.74) is 0. The molecular formula is C2H2NdO4U. The van der Waals surface area contributed by atoms with Crippen LogP contribution in [0.15, 0.2) is 0 Å². The van der Waals surface area contributed by atoms with Crippen molar-refractivity contribution in [3.8, 4) is 0 Å². The standard InChI is InChI=1S/C2H2O4.Nd.U/c3-1(4)2(5)6;;/h(H,3,4)(H,5,6);;. The van der Waals surface area contributed by atoms with Crippen molar-refractivity contribution in [2.75, 3.05) is 0 Å². The minimum atomic E-state index is -1.82. The number of hydrogen-bond acceptors (Lipinski definition) is 2. The molecule has 42 valence electrons. The molecule has 0 aliphatic carbocycles. The van der Waals surface area contributed by atoms with Gasteiger partial charge in [-0.15, -0.1) is 0 Å². The van der Waals surface area contributed by atoms with Gasteiger partial charge >= 0.3 is 11.9 Å². The molecule has 2 N–H and O–H groups in total. The zero-order valence-electron chi connectivity index (χ0n) is 3.71. The molecule has 0 saturated heterocycles. The molecule has 0 aromatic rings. The predicted octanol–water partition coefficient (Wildman–Crippen LogP) is -0.844. The van der Waals surface area contributed by atoms with E-state index in [1.165, 1.54) is 0 Å². The van der Waals surface area contributed by atoms with Gasteiger partial charge in [-0.25, -0.2) is 9.59 Å². The van der Waals surface area contributed by atoms with Gasteiger partial charge in [-0.05, 0) is 0 Å². The van der Waals surface area contributed by atoms with E-state index >= 15 is 0 Å². The third-order valence-corrected chi connectivity index (χ3v) is 0.183. The Morgan fingerprint density at radius 2 is 1.12 bits per heavy atom. The van der Waals surface area contributed by atoms with Gasteiger partial charge < -0.3 is 10.2 Å². The van der Waals surface area contributed by atoms with Gasteiger partial charge in [-0.3, -0.25) is 0 Å². The topological polar surface area (TPSA) is 74.6 Å². The van der Waals surface area contributed by atoms with Crippen LogP contribution in [0.1, 0.15) is 0 Å². The van der Waals surface area contributed by atoms with E-state index in [-0.39, 0.29) is 72.0 Å². The summed E-state index contributed by atoms with van der Waals surface area (Å²) in [6.45, 7) is 0. The maximum atomic E-state index is 9.10. The first kappa shape index (κ1) is 16.2. The molecule has 6 heteroatoms. The molecule has 0 atom stereocenters. The van der Waals surface area contributed by atoms with Gasteiger partial charge in [0.25, 0.3) is 0 Å². The van der Waals surface area contributed by atoms with Gasteiger partial charge in [0.2, 0.25) is 0 Å². The van der Waals surface area contributed by atoms with E-state index in [1.54, 1.807) is 0 Å². The first-order valence-electron chi connectivity index (χ1n) is 1.11. The average molecular weight is 472 g/mol. The van der Waals surface area contributed by atoms with Crippen LogP contribution in [0.3, 0.4) is 0 Å². The summed E-state index contributed by atoms with van der Waals surface area (Å²) >= 11 is 0. The van der Waals surface area contributed by atoms with Crippen LogP contribution in [0.5, 0.6) is 0 Å². The zero-order chi connectivity index (χ0) is 5.15. The van der Waals surface area contributed by atoms with Crippen LogP contribution in [-0.4, -0.2) is 22.2 Å². The second-order valence-electron chi connectivity index (χ2n) is 0.610. The summed E-state index contributed by atoms with van der Waals surface area (Å²) in [6, 6.07) is 0. The van der Waals surface area contributed by atoms with Crippen molar-refractivity contribution in [3.63, 3.8) is 0 Å². The number of carbonyl (C=O) groups is 2. The Morgan fingerprint density at radius 1 is 1.00 bits per heavy atom. The van der Waals surface area contributed by atoms with Crippen LogP contribution in [0.2, 0.25) is 0 Å². The van der Waals surface area contributed by atoms with Crippen molar-refractivity contribution in [2.45, 2.75) is 0 Å². The van der Waals surface area contributed by atoms with Crippen molar-refractivity contribution < 1.29 is 91.8 Å². The number of hydrogen-bond donors (Lipinski definition) is 2. The van der Waals surface area contributed by atoms with E-state index in [0.29, 0.717) is 0 Å². The predicted molar refractivity (Wildman–Crippen MR) is 15.3 cm³/mol. The van der Waals surface area contributed by atoms with Crippen molar-refractivity contribution >= 4 is 11.9 Å². The number of carboxylic acids is 2. The fraction of sp³-hybridized carbons (Fsp3) is 0. The molecule has 0 saturated carbocycles. The fourth-order valence-electron chi connectivity index (χ4n) is 0. The van der Waals surface area contributed by atoms with Gasteiger partial charge in [0.1, 0.15) is 0 Å². The van der Waals surface area contributed by atoms with Gasteiger partial charge in [0, 0.05) is 72.0 Å². The fourth-order valence-corrected chi connectivity index (χ4v) is 0. The summed E-state index contributed by atoms with van der Waals surface area (Å²) < 4.78 is 0. The van der Waals surface area contributed by atoms with Gasteiger partial charge in [-0.2, -0.15) is 0 Å². The molecule has 0 unspecified atom stereocenters. The van der Waals surface area contributed by atoms with Crippen LogP contribution < -0.4 is 0 Å². The molecule has 0 rings (SSSR count). The molecule has 0 aliphatic heterocycles. The molecule has 0 heterocycles. The van der Waals surface area contributed by atoms with Gasteiger partial charge in [0.15, 0.2) is 0 Å². The van der Waals surface area contributed by atoms with Crippen LogP contribution in [0.25, 0.3) is 0 Å². The first-order valence-corrected chi connectivity index (χ1v) is 1.11. The molecule has 0 fully saturated rings. The summed E-state index contributed by atoms with van der Waals surface area (Å²) in [4.78, 5) is 18.2. The van der Waals surface area contributed by atoms with E-state index in [9.17, 15) is 0 Å². The Kier molecular flexibility index (Phi) is 16.9. The molecule has 0 bridgehead atoms. The Balaban J connectivity index is -0.000000125. The second kappa shape index (κ2) is 8.34. The normalized spacial score (nSPS) is 5.50. The Hall–Kier alpha value is 1.34. The quantitative estimate of drug-likeness (QED) is 0.451. The van der Waals surface area contributed by atoms with Crippen molar-refractivity contribution in [3.05, 3.63) is 0 Å². The molecule has 0 aliphatic rings. The van der Waals surface area contributed by atoms with Crippen molar-refractivity contribution in [1.82, 2.24) is 0 Å². The van der Waals surface area contributed by atoms with E-state index in [2.05, 4.69) is 0 Å². The van der Waals surface area contributed by atoms with Gasteiger partial charge in [-0.1, -0.05) is 0 Å². The molecule has 8 heavy (non-hydrogen) atoms. The largest absolute Gasteiger partial charge is 0.473 e. The van der Waals surface area contributed by atoms with Crippen LogP contribution in [0, 0.1) is 72.0 Å². The van der Waals surface area contributed by atoms with Crippen LogP contribution in [0.4, 0.5) is 0 Å². The summed E-state index contributed by atoms with van der Waals surface area (Å²) in [6.07, 6.45) is 0. The number of aliphatic carboxylic acids is 2. The van der Waals surface area contributed by atoms with E-state index in [1.807, 2.05) is 0 Å². The minimum Gasteiger partial charge on any atom is -0.473 e. The Labute approximate surface area is 102 Å². The molecule has 0 aromatic heterocycles. The summed E-state index contributed by atoms with van der Waals surface area (Å²) in [5, 5.41) is 14.8. The Morgan fingerprint density at radius 3 is 1.12 bits per heavy atom. The van der Waals surface area contributed by atoms with Crippen LogP contribution in [-0.2, 0) is 9.59 Å². The SMILES string of the molecule is O=C(O)C(=O)O.[Nd].[U]. The third kappa shape index (κ3) is 10.3. The smallest absolute Gasteiger partial charge is 0.414 e. The van der Waals surface area contributed by atoms with E-state index in [4.69, 9.17) is 19.8 Å². The third-order valence-electron chi connectivity index (χ3n) is 0.183. The van der Waals surface area contributed by atoms with Crippen molar-refractivity contribution in [1.29, 1.82) is 0 Å². The van der Waals surface area contributed by atoms with Gasteiger partial charge in [0.05, 0.1) is 0 Å². The Bertz CT molecular complexity index is 80.0. The molecule has 0 spiro atoms. The second-order valence-corrected chi connectivity index (χ2v) is 0.610. The average Bonchev–Trinajstić information content (AvgIpc) is 1.36. The summed E-state index contributed by atoms with van der Waals surface area (Å²) in [5.74, 6) is -3.65.